The molecule has 0 bridgehead atoms. The van der Waals surface area contributed by atoms with Crippen LogP contribution in [0.1, 0.15) is 27.3 Å². The number of aromatic nitrogens is 3. The van der Waals surface area contributed by atoms with Crippen molar-refractivity contribution in [2.45, 2.75) is 6.42 Å². The SMILES string of the molecule is NC(=O)C1CCN(C(=O)c2cc(NC(=O)c3cc(-c4ccccn4)c(F)cc3Cl)n(-c3ccccc3)n2)C1. The monoisotopic (exact) mass is 532 g/mol. The molecule has 9 nitrogen and oxygen atoms in total. The van der Waals surface area contributed by atoms with Gasteiger partial charge in [-0.15, -0.1) is 0 Å². The van der Waals surface area contributed by atoms with E-state index in [2.05, 4.69) is 15.4 Å². The number of anilines is 1. The summed E-state index contributed by atoms with van der Waals surface area (Å²) in [6.45, 7) is 0.573. The van der Waals surface area contributed by atoms with E-state index in [1.807, 2.05) is 6.07 Å². The molecule has 11 heteroatoms. The lowest BCUT2D eigenvalue weighted by atomic mass is 10.1. The molecule has 1 saturated heterocycles. The van der Waals surface area contributed by atoms with Crippen LogP contribution in [0.5, 0.6) is 0 Å². The highest BCUT2D eigenvalue weighted by Crippen LogP contribution is 2.29. The summed E-state index contributed by atoms with van der Waals surface area (Å²) < 4.78 is 16.1. The van der Waals surface area contributed by atoms with Gasteiger partial charge in [0.2, 0.25) is 5.91 Å². The molecule has 3 heterocycles. The van der Waals surface area contributed by atoms with E-state index in [0.29, 0.717) is 24.3 Å². The molecule has 3 N–H and O–H groups in total. The Morgan fingerprint density at radius 3 is 2.50 bits per heavy atom. The molecule has 2 aromatic heterocycles. The molecule has 0 radical (unpaired) electrons. The summed E-state index contributed by atoms with van der Waals surface area (Å²) in [5.74, 6) is -2.30. The van der Waals surface area contributed by atoms with Crippen LogP contribution in [0.25, 0.3) is 16.9 Å². The molecular weight excluding hydrogens is 511 g/mol. The minimum Gasteiger partial charge on any atom is -0.369 e. The van der Waals surface area contributed by atoms with Crippen LogP contribution in [-0.4, -0.2) is 50.5 Å². The molecule has 0 aliphatic carbocycles. The summed E-state index contributed by atoms with van der Waals surface area (Å²) in [6.07, 6.45) is 2.00. The number of para-hydroxylation sites is 1. The van der Waals surface area contributed by atoms with Gasteiger partial charge in [-0.05, 0) is 42.8 Å². The Morgan fingerprint density at radius 1 is 1.05 bits per heavy atom. The fourth-order valence-corrected chi connectivity index (χ4v) is 4.54. The van der Waals surface area contributed by atoms with E-state index in [4.69, 9.17) is 17.3 Å². The Morgan fingerprint density at radius 2 is 1.82 bits per heavy atom. The third-order valence-corrected chi connectivity index (χ3v) is 6.60. The molecule has 3 amide bonds. The third kappa shape index (κ3) is 4.98. The van der Waals surface area contributed by atoms with Crippen molar-refractivity contribution in [1.29, 1.82) is 0 Å². The second-order valence-electron chi connectivity index (χ2n) is 8.78. The largest absolute Gasteiger partial charge is 0.369 e. The van der Waals surface area contributed by atoms with Gasteiger partial charge in [0.1, 0.15) is 11.6 Å². The first-order valence-corrected chi connectivity index (χ1v) is 12.2. The molecule has 2 aromatic carbocycles. The normalized spacial score (nSPS) is 14.9. The second-order valence-corrected chi connectivity index (χ2v) is 9.19. The Balaban J connectivity index is 1.48. The lowest BCUT2D eigenvalue weighted by molar-refractivity contribution is -0.121. The number of nitrogens with one attached hydrogen (secondary N) is 1. The van der Waals surface area contributed by atoms with Crippen molar-refractivity contribution in [3.05, 3.63) is 95.0 Å². The average Bonchev–Trinajstić information content (AvgIpc) is 3.58. The minimum atomic E-state index is -0.627. The van der Waals surface area contributed by atoms with E-state index in [-0.39, 0.29) is 34.2 Å². The molecule has 1 fully saturated rings. The van der Waals surface area contributed by atoms with E-state index in [9.17, 15) is 18.8 Å². The number of benzene rings is 2. The number of carbonyl (C=O) groups excluding carboxylic acids is 3. The summed E-state index contributed by atoms with van der Waals surface area (Å²) in [6, 6.07) is 17.8. The first-order chi connectivity index (χ1) is 18.3. The lowest BCUT2D eigenvalue weighted by Crippen LogP contribution is -2.32. The fraction of sp³-hybridized carbons (Fsp3) is 0.148. The van der Waals surface area contributed by atoms with E-state index < -0.39 is 29.5 Å². The maximum Gasteiger partial charge on any atom is 0.274 e. The van der Waals surface area contributed by atoms with Crippen LogP contribution in [0.15, 0.2) is 72.9 Å². The molecule has 38 heavy (non-hydrogen) atoms. The highest BCUT2D eigenvalue weighted by Gasteiger charge is 2.32. The van der Waals surface area contributed by atoms with Gasteiger partial charge < -0.3 is 16.0 Å². The summed E-state index contributed by atoms with van der Waals surface area (Å²) in [5, 5.41) is 7.09. The second kappa shape index (κ2) is 10.4. The van der Waals surface area contributed by atoms with Crippen molar-refractivity contribution in [1.82, 2.24) is 19.7 Å². The average molecular weight is 533 g/mol. The van der Waals surface area contributed by atoms with E-state index in [1.54, 1.807) is 42.5 Å². The van der Waals surface area contributed by atoms with Gasteiger partial charge in [-0.2, -0.15) is 5.10 Å². The van der Waals surface area contributed by atoms with Crippen molar-refractivity contribution in [2.75, 3.05) is 18.4 Å². The van der Waals surface area contributed by atoms with Crippen LogP contribution in [0.3, 0.4) is 0 Å². The first-order valence-electron chi connectivity index (χ1n) is 11.8. The molecule has 1 aliphatic heterocycles. The van der Waals surface area contributed by atoms with Gasteiger partial charge in [0, 0.05) is 30.9 Å². The van der Waals surface area contributed by atoms with Crippen molar-refractivity contribution in [2.24, 2.45) is 11.7 Å². The van der Waals surface area contributed by atoms with E-state index in [0.717, 1.165) is 6.07 Å². The van der Waals surface area contributed by atoms with Crippen LogP contribution in [0.4, 0.5) is 10.2 Å². The summed E-state index contributed by atoms with van der Waals surface area (Å²) >= 11 is 6.25. The van der Waals surface area contributed by atoms with Gasteiger partial charge >= 0.3 is 0 Å². The van der Waals surface area contributed by atoms with Crippen molar-refractivity contribution >= 4 is 35.1 Å². The van der Waals surface area contributed by atoms with Crippen LogP contribution >= 0.6 is 11.6 Å². The lowest BCUT2D eigenvalue weighted by Gasteiger charge is -2.13. The molecule has 192 valence electrons. The number of rotatable bonds is 6. The molecule has 1 unspecified atom stereocenters. The number of likely N-dealkylation sites (tertiary alicyclic amines) is 1. The number of pyridine rings is 1. The third-order valence-electron chi connectivity index (χ3n) is 6.29. The summed E-state index contributed by atoms with van der Waals surface area (Å²) in [5.41, 5.74) is 6.55. The highest BCUT2D eigenvalue weighted by molar-refractivity contribution is 6.34. The molecular formula is C27H22ClFN6O3. The Bertz CT molecular complexity index is 1530. The van der Waals surface area contributed by atoms with Gasteiger partial charge in [0.25, 0.3) is 11.8 Å². The number of primary amides is 1. The van der Waals surface area contributed by atoms with Gasteiger partial charge in [0.05, 0.1) is 27.9 Å². The van der Waals surface area contributed by atoms with Gasteiger partial charge in [0.15, 0.2) is 5.69 Å². The standard InChI is InChI=1S/C27H22ClFN6O3/c28-20-13-21(29)19(22-8-4-5-10-31-22)12-18(20)26(37)32-24-14-23(33-35(24)17-6-2-1-3-7-17)27(38)34-11-9-16(15-34)25(30)36/h1-8,10,12-14,16H,9,11,15H2,(H2,30,36)(H,32,37). The summed E-state index contributed by atoms with van der Waals surface area (Å²) in [4.78, 5) is 43.7. The number of nitrogens with two attached hydrogens (primary N) is 1. The van der Waals surface area contributed by atoms with Crippen molar-refractivity contribution in [3.63, 3.8) is 0 Å². The zero-order valence-corrected chi connectivity index (χ0v) is 20.7. The molecule has 1 atom stereocenters. The number of hydrogen-bond donors (Lipinski definition) is 2. The number of carbonyl (C=O) groups is 3. The van der Waals surface area contributed by atoms with Gasteiger partial charge in [-0.1, -0.05) is 35.9 Å². The molecule has 1 aliphatic rings. The number of halogens is 2. The van der Waals surface area contributed by atoms with Crippen LogP contribution < -0.4 is 11.1 Å². The Labute approximate surface area is 222 Å². The highest BCUT2D eigenvalue weighted by atomic mass is 35.5. The quantitative estimate of drug-likeness (QED) is 0.389. The minimum absolute atomic E-state index is 0.0197. The number of nitrogens with zero attached hydrogens (tertiary/aromatic N) is 4. The zero-order chi connectivity index (χ0) is 26.8. The molecule has 4 aromatic rings. The topological polar surface area (TPSA) is 123 Å². The van der Waals surface area contributed by atoms with E-state index in [1.165, 1.54) is 27.9 Å². The fourth-order valence-electron chi connectivity index (χ4n) is 4.30. The predicted octanol–water partition coefficient (Wildman–Crippen LogP) is 3.93. The molecule has 5 rings (SSSR count). The zero-order valence-electron chi connectivity index (χ0n) is 20.0. The van der Waals surface area contributed by atoms with Gasteiger partial charge in [-0.25, -0.2) is 9.07 Å². The number of hydrogen-bond acceptors (Lipinski definition) is 5. The Hall–Kier alpha value is -4.57. The molecule has 0 spiro atoms. The maximum absolute atomic E-state index is 14.7. The van der Waals surface area contributed by atoms with Crippen LogP contribution in [0.2, 0.25) is 5.02 Å². The summed E-state index contributed by atoms with van der Waals surface area (Å²) in [7, 11) is 0. The Kier molecular flexibility index (Phi) is 6.89. The van der Waals surface area contributed by atoms with Gasteiger partial charge in [-0.3, -0.25) is 19.4 Å². The first kappa shape index (κ1) is 25.1. The smallest absolute Gasteiger partial charge is 0.274 e. The maximum atomic E-state index is 14.7. The van der Waals surface area contributed by atoms with Crippen molar-refractivity contribution < 1.29 is 18.8 Å². The van der Waals surface area contributed by atoms with Crippen molar-refractivity contribution in [3.8, 4) is 16.9 Å². The van der Waals surface area contributed by atoms with E-state index >= 15 is 0 Å². The van der Waals surface area contributed by atoms with Crippen LogP contribution in [0, 0.1) is 11.7 Å². The predicted molar refractivity (Wildman–Crippen MR) is 139 cm³/mol. The number of amides is 3. The molecule has 0 saturated carbocycles. The van der Waals surface area contributed by atoms with Crippen LogP contribution in [-0.2, 0) is 4.79 Å².